The first-order chi connectivity index (χ1) is 7.72. The molecule has 0 unspecified atom stereocenters. The van der Waals surface area contributed by atoms with E-state index >= 15 is 0 Å². The Balaban J connectivity index is 2.52. The second kappa shape index (κ2) is 4.39. The van der Waals surface area contributed by atoms with Gasteiger partial charge in [0.25, 0.3) is 0 Å². The molecule has 2 rings (SSSR count). The van der Waals surface area contributed by atoms with Crippen molar-refractivity contribution in [2.75, 3.05) is 0 Å². The molecule has 0 amide bonds. The number of aliphatic carboxylic acids is 1. The first kappa shape index (κ1) is 10.7. The summed E-state index contributed by atoms with van der Waals surface area (Å²) in [5.74, 6) is -0.802. The summed E-state index contributed by atoms with van der Waals surface area (Å²) in [5.41, 5.74) is 2.24. The van der Waals surface area contributed by atoms with Gasteiger partial charge in [-0.05, 0) is 18.1 Å². The molecule has 84 valence electrons. The summed E-state index contributed by atoms with van der Waals surface area (Å²) in [4.78, 5) is 10.8. The van der Waals surface area contributed by atoms with Crippen LogP contribution in [0, 0.1) is 0 Å². The van der Waals surface area contributed by atoms with E-state index in [1.54, 1.807) is 0 Å². The number of benzene rings is 1. The van der Waals surface area contributed by atoms with Crippen molar-refractivity contribution in [1.82, 2.24) is 4.57 Å². The molecular weight excluding hydrogens is 202 g/mol. The third-order valence-electron chi connectivity index (χ3n) is 2.70. The smallest absolute Gasteiger partial charge is 0.323 e. The van der Waals surface area contributed by atoms with Gasteiger partial charge in [-0.1, -0.05) is 31.5 Å². The van der Waals surface area contributed by atoms with Gasteiger partial charge in [-0.3, -0.25) is 4.79 Å². The summed E-state index contributed by atoms with van der Waals surface area (Å²) in [6.07, 6.45) is 4.02. The molecule has 0 saturated carbocycles. The maximum Gasteiger partial charge on any atom is 0.323 e. The third kappa shape index (κ3) is 1.94. The Morgan fingerprint density at radius 3 is 2.81 bits per heavy atom. The fraction of sp³-hybridized carbons (Fsp3) is 0.308. The maximum absolute atomic E-state index is 10.8. The van der Waals surface area contributed by atoms with E-state index in [1.165, 1.54) is 10.9 Å². The minimum Gasteiger partial charge on any atom is -0.480 e. The second-order valence-electron chi connectivity index (χ2n) is 3.94. The minimum absolute atomic E-state index is 0.0320. The number of hydrogen-bond acceptors (Lipinski definition) is 1. The van der Waals surface area contributed by atoms with Crippen molar-refractivity contribution in [1.29, 1.82) is 0 Å². The van der Waals surface area contributed by atoms with Gasteiger partial charge in [0.2, 0.25) is 0 Å². The molecule has 0 atom stereocenters. The van der Waals surface area contributed by atoms with Gasteiger partial charge in [-0.15, -0.1) is 0 Å². The van der Waals surface area contributed by atoms with Crippen molar-refractivity contribution in [2.45, 2.75) is 26.3 Å². The zero-order chi connectivity index (χ0) is 11.5. The molecule has 3 heteroatoms. The van der Waals surface area contributed by atoms with Gasteiger partial charge in [0, 0.05) is 17.1 Å². The largest absolute Gasteiger partial charge is 0.480 e. The lowest BCUT2D eigenvalue weighted by Gasteiger charge is -1.99. The Hall–Kier alpha value is -1.77. The van der Waals surface area contributed by atoms with Crippen molar-refractivity contribution in [3.05, 3.63) is 36.0 Å². The molecule has 0 aliphatic rings. The van der Waals surface area contributed by atoms with Crippen LogP contribution in [0.3, 0.4) is 0 Å². The fourth-order valence-corrected chi connectivity index (χ4v) is 2.07. The van der Waals surface area contributed by atoms with Crippen LogP contribution in [0.5, 0.6) is 0 Å². The van der Waals surface area contributed by atoms with Crippen molar-refractivity contribution >= 4 is 16.9 Å². The predicted octanol–water partition coefficient (Wildman–Crippen LogP) is 2.68. The topological polar surface area (TPSA) is 42.2 Å². The Morgan fingerprint density at radius 2 is 2.12 bits per heavy atom. The molecule has 1 N–H and O–H groups in total. The highest BCUT2D eigenvalue weighted by molar-refractivity contribution is 5.85. The molecular formula is C13H15NO2. The van der Waals surface area contributed by atoms with Gasteiger partial charge >= 0.3 is 5.97 Å². The van der Waals surface area contributed by atoms with Crippen LogP contribution in [0.25, 0.3) is 10.9 Å². The van der Waals surface area contributed by atoms with E-state index in [4.69, 9.17) is 5.11 Å². The van der Waals surface area contributed by atoms with Gasteiger partial charge in [0.1, 0.15) is 6.54 Å². The number of hydrogen-bond donors (Lipinski definition) is 1. The number of carbonyl (C=O) groups is 1. The van der Waals surface area contributed by atoms with Crippen LogP contribution >= 0.6 is 0 Å². The lowest BCUT2D eigenvalue weighted by molar-refractivity contribution is -0.137. The molecule has 0 bridgehead atoms. The first-order valence-corrected chi connectivity index (χ1v) is 5.51. The second-order valence-corrected chi connectivity index (χ2v) is 3.94. The monoisotopic (exact) mass is 217 g/mol. The van der Waals surface area contributed by atoms with Crippen molar-refractivity contribution < 1.29 is 9.90 Å². The van der Waals surface area contributed by atoms with Crippen LogP contribution in [0.2, 0.25) is 0 Å². The molecule has 1 aromatic heterocycles. The Kier molecular flexibility index (Phi) is 2.95. The Bertz CT molecular complexity index is 514. The van der Waals surface area contributed by atoms with Crippen LogP contribution in [-0.4, -0.2) is 15.6 Å². The average Bonchev–Trinajstić information content (AvgIpc) is 2.58. The molecule has 0 spiro atoms. The lowest BCUT2D eigenvalue weighted by atomic mass is 10.1. The van der Waals surface area contributed by atoms with E-state index in [1.807, 2.05) is 29.0 Å². The van der Waals surface area contributed by atoms with E-state index in [2.05, 4.69) is 13.0 Å². The van der Waals surface area contributed by atoms with Crippen molar-refractivity contribution in [2.24, 2.45) is 0 Å². The van der Waals surface area contributed by atoms with E-state index < -0.39 is 5.97 Å². The number of aryl methyl sites for hydroxylation is 1. The molecule has 0 aliphatic heterocycles. The first-order valence-electron chi connectivity index (χ1n) is 5.51. The molecule has 16 heavy (non-hydrogen) atoms. The molecule has 0 fully saturated rings. The zero-order valence-corrected chi connectivity index (χ0v) is 9.31. The van der Waals surface area contributed by atoms with Gasteiger partial charge in [0.05, 0.1) is 0 Å². The van der Waals surface area contributed by atoms with Crippen molar-refractivity contribution in [3.63, 3.8) is 0 Å². The number of aromatic nitrogens is 1. The number of carboxylic acid groups (broad SMARTS) is 1. The van der Waals surface area contributed by atoms with Crippen LogP contribution in [-0.2, 0) is 17.8 Å². The standard InChI is InChI=1S/C13H15NO2/c1-2-5-10-8-14(9-13(15)16)12-7-4-3-6-11(10)12/h3-4,6-8H,2,5,9H2,1H3,(H,15,16). The quantitative estimate of drug-likeness (QED) is 0.855. The number of fused-ring (bicyclic) bond motifs is 1. The number of carboxylic acids is 1. The molecule has 0 aliphatic carbocycles. The van der Waals surface area contributed by atoms with Gasteiger partial charge < -0.3 is 9.67 Å². The third-order valence-corrected chi connectivity index (χ3v) is 2.70. The number of para-hydroxylation sites is 1. The summed E-state index contributed by atoms with van der Waals surface area (Å²) < 4.78 is 1.81. The summed E-state index contributed by atoms with van der Waals surface area (Å²) in [6, 6.07) is 7.96. The fourth-order valence-electron chi connectivity index (χ4n) is 2.07. The number of rotatable bonds is 4. The highest BCUT2D eigenvalue weighted by Crippen LogP contribution is 2.22. The predicted molar refractivity (Wildman–Crippen MR) is 63.6 cm³/mol. The Labute approximate surface area is 94.3 Å². The number of nitrogens with zero attached hydrogens (tertiary/aromatic N) is 1. The van der Waals surface area contributed by atoms with E-state index in [0.717, 1.165) is 18.4 Å². The summed E-state index contributed by atoms with van der Waals surface area (Å²) >= 11 is 0. The maximum atomic E-state index is 10.8. The van der Waals surface area contributed by atoms with Crippen molar-refractivity contribution in [3.8, 4) is 0 Å². The molecule has 0 radical (unpaired) electrons. The average molecular weight is 217 g/mol. The summed E-state index contributed by atoms with van der Waals surface area (Å²) in [7, 11) is 0. The molecule has 3 nitrogen and oxygen atoms in total. The van der Waals surface area contributed by atoms with Gasteiger partial charge in [-0.2, -0.15) is 0 Å². The molecule has 1 heterocycles. The molecule has 1 aromatic carbocycles. The van der Waals surface area contributed by atoms with Crippen LogP contribution in [0.4, 0.5) is 0 Å². The summed E-state index contributed by atoms with van der Waals surface area (Å²) in [6.45, 7) is 2.16. The van der Waals surface area contributed by atoms with Crippen LogP contribution < -0.4 is 0 Å². The summed E-state index contributed by atoms with van der Waals surface area (Å²) in [5, 5.41) is 10.0. The highest BCUT2D eigenvalue weighted by atomic mass is 16.4. The minimum atomic E-state index is -0.802. The molecule has 0 saturated heterocycles. The van der Waals surface area contributed by atoms with Gasteiger partial charge in [-0.25, -0.2) is 0 Å². The zero-order valence-electron chi connectivity index (χ0n) is 9.31. The SMILES string of the molecule is CCCc1cn(CC(=O)O)c2ccccc12. The van der Waals surface area contributed by atoms with E-state index in [0.29, 0.717) is 0 Å². The van der Waals surface area contributed by atoms with Crippen LogP contribution in [0.15, 0.2) is 30.5 Å². The van der Waals surface area contributed by atoms with Crippen LogP contribution in [0.1, 0.15) is 18.9 Å². The molecule has 2 aromatic rings. The lowest BCUT2D eigenvalue weighted by Crippen LogP contribution is -2.07. The van der Waals surface area contributed by atoms with E-state index in [-0.39, 0.29) is 6.54 Å². The highest BCUT2D eigenvalue weighted by Gasteiger charge is 2.08. The Morgan fingerprint density at radius 1 is 1.38 bits per heavy atom. The normalized spacial score (nSPS) is 10.8. The van der Waals surface area contributed by atoms with E-state index in [9.17, 15) is 4.79 Å². The van der Waals surface area contributed by atoms with Gasteiger partial charge in [0.15, 0.2) is 0 Å².